The fraction of sp³-hybridized carbons (Fsp3) is 0.588. The number of rotatable bonds is 5. The number of anilines is 1. The lowest BCUT2D eigenvalue weighted by Gasteiger charge is -2.36. The van der Waals surface area contributed by atoms with Crippen LogP contribution in [0, 0.1) is 0 Å². The molecule has 8 nitrogen and oxygen atoms in total. The number of methoxy groups -OCH3 is 1. The number of imidazole rings is 1. The molecule has 9 heteroatoms. The Kier molecular flexibility index (Phi) is 4.80. The molecule has 0 amide bonds. The van der Waals surface area contributed by atoms with E-state index >= 15 is 0 Å². The zero-order chi connectivity index (χ0) is 19.1. The van der Waals surface area contributed by atoms with Gasteiger partial charge >= 0.3 is 0 Å². The molecule has 0 fully saturated rings. The maximum Gasteiger partial charge on any atom is 0.246 e. The van der Waals surface area contributed by atoms with Gasteiger partial charge in [0.1, 0.15) is 6.10 Å². The molecule has 3 rings (SSSR count). The van der Waals surface area contributed by atoms with Gasteiger partial charge in [0.25, 0.3) is 0 Å². The van der Waals surface area contributed by atoms with E-state index in [4.69, 9.17) is 19.6 Å². The second kappa shape index (κ2) is 6.64. The summed E-state index contributed by atoms with van der Waals surface area (Å²) in [7, 11) is -0.283. The van der Waals surface area contributed by atoms with Crippen molar-refractivity contribution in [3.8, 4) is 5.88 Å². The van der Waals surface area contributed by atoms with Crippen molar-refractivity contribution in [3.63, 3.8) is 0 Å². The molecule has 1 aliphatic heterocycles. The first-order chi connectivity index (χ1) is 12.1. The van der Waals surface area contributed by atoms with Crippen LogP contribution in [-0.4, -0.2) is 47.7 Å². The Morgan fingerprint density at radius 3 is 2.65 bits per heavy atom. The number of aromatic nitrogens is 4. The number of nitrogen functional groups attached to an aromatic ring is 1. The number of hydrogen-bond acceptors (Lipinski definition) is 7. The molecule has 0 radical (unpaired) electrons. The van der Waals surface area contributed by atoms with Gasteiger partial charge in [-0.05, 0) is 24.2 Å². The monoisotopic (exact) mass is 377 g/mol. The van der Waals surface area contributed by atoms with Gasteiger partial charge < -0.3 is 19.6 Å². The van der Waals surface area contributed by atoms with Gasteiger partial charge in [-0.2, -0.15) is 9.97 Å². The zero-order valence-electron chi connectivity index (χ0n) is 16.2. The number of ether oxygens (including phenoxy) is 2. The van der Waals surface area contributed by atoms with Gasteiger partial charge in [0.2, 0.25) is 11.8 Å². The zero-order valence-corrected chi connectivity index (χ0v) is 17.2. The third-order valence-electron chi connectivity index (χ3n) is 5.09. The molecule has 0 aromatic carbocycles. The molecule has 2 atom stereocenters. The second-order valence-electron chi connectivity index (χ2n) is 7.94. The van der Waals surface area contributed by atoms with Crippen molar-refractivity contribution in [1.82, 2.24) is 19.5 Å². The minimum absolute atomic E-state index is 0.104. The third-order valence-corrected chi connectivity index (χ3v) is 9.59. The van der Waals surface area contributed by atoms with E-state index in [1.807, 2.05) is 16.7 Å². The Morgan fingerprint density at radius 1 is 1.27 bits per heavy atom. The van der Waals surface area contributed by atoms with Crippen LogP contribution >= 0.6 is 0 Å². The summed E-state index contributed by atoms with van der Waals surface area (Å²) in [6, 6.07) is 0. The van der Waals surface area contributed by atoms with Gasteiger partial charge in [0, 0.05) is 0 Å². The smallest absolute Gasteiger partial charge is 0.246 e. The summed E-state index contributed by atoms with van der Waals surface area (Å²) in [6.07, 6.45) is 5.24. The summed E-state index contributed by atoms with van der Waals surface area (Å²) in [4.78, 5) is 12.7. The maximum atomic E-state index is 6.26. The lowest BCUT2D eigenvalue weighted by atomic mass is 10.2. The summed E-state index contributed by atoms with van der Waals surface area (Å²) >= 11 is 0. The minimum atomic E-state index is -1.81. The average molecular weight is 378 g/mol. The van der Waals surface area contributed by atoms with Crippen LogP contribution < -0.4 is 10.5 Å². The number of fused-ring (bicyclic) bond motifs is 1. The van der Waals surface area contributed by atoms with Crippen molar-refractivity contribution < 1.29 is 13.9 Å². The molecule has 142 valence electrons. The lowest BCUT2D eigenvalue weighted by molar-refractivity contribution is -0.00380. The highest BCUT2D eigenvalue weighted by Crippen LogP contribution is 2.37. The minimum Gasteiger partial charge on any atom is -0.479 e. The number of hydrogen-bond donors (Lipinski definition) is 1. The quantitative estimate of drug-likeness (QED) is 0.632. The summed E-state index contributed by atoms with van der Waals surface area (Å²) in [5.41, 5.74) is 6.91. The van der Waals surface area contributed by atoms with Crippen molar-refractivity contribution >= 4 is 25.4 Å². The normalized spacial score (nSPS) is 20.8. The Hall–Kier alpha value is -1.97. The van der Waals surface area contributed by atoms with E-state index in [-0.39, 0.29) is 23.3 Å². The molecular weight excluding hydrogens is 350 g/mol. The van der Waals surface area contributed by atoms with Gasteiger partial charge in [0.15, 0.2) is 25.7 Å². The van der Waals surface area contributed by atoms with Gasteiger partial charge in [0.05, 0.1) is 20.0 Å². The summed E-state index contributed by atoms with van der Waals surface area (Å²) in [6.45, 7) is 11.7. The van der Waals surface area contributed by atoms with E-state index in [2.05, 4.69) is 48.8 Å². The molecule has 2 aromatic heterocycles. The first-order valence-electron chi connectivity index (χ1n) is 8.64. The molecule has 3 heterocycles. The van der Waals surface area contributed by atoms with Gasteiger partial charge in [-0.3, -0.25) is 4.57 Å². The van der Waals surface area contributed by atoms with Crippen LogP contribution in [0.15, 0.2) is 18.5 Å². The van der Waals surface area contributed by atoms with Crippen LogP contribution in [0.1, 0.15) is 27.0 Å². The topological polar surface area (TPSA) is 97.3 Å². The first kappa shape index (κ1) is 18.8. The summed E-state index contributed by atoms with van der Waals surface area (Å²) < 4.78 is 19.4. The van der Waals surface area contributed by atoms with Crippen LogP contribution in [0.25, 0.3) is 11.2 Å². The molecule has 0 unspecified atom stereocenters. The highest BCUT2D eigenvalue weighted by molar-refractivity contribution is 6.74. The average Bonchev–Trinajstić information content (AvgIpc) is 3.17. The van der Waals surface area contributed by atoms with Crippen LogP contribution in [0.5, 0.6) is 5.88 Å². The number of nitrogens with zero attached hydrogens (tertiary/aromatic N) is 4. The molecule has 26 heavy (non-hydrogen) atoms. The predicted octanol–water partition coefficient (Wildman–Crippen LogP) is 2.89. The van der Waals surface area contributed by atoms with Crippen LogP contribution in [-0.2, 0) is 9.16 Å². The first-order valence-corrected chi connectivity index (χ1v) is 11.5. The van der Waals surface area contributed by atoms with Crippen molar-refractivity contribution in [3.05, 3.63) is 18.5 Å². The van der Waals surface area contributed by atoms with Crippen LogP contribution in [0.2, 0.25) is 18.1 Å². The van der Waals surface area contributed by atoms with Gasteiger partial charge in [-0.25, -0.2) is 4.98 Å². The highest BCUT2D eigenvalue weighted by Gasteiger charge is 2.38. The van der Waals surface area contributed by atoms with Crippen molar-refractivity contribution in [1.29, 1.82) is 0 Å². The van der Waals surface area contributed by atoms with E-state index in [1.54, 1.807) is 6.33 Å². The molecule has 2 N–H and O–H groups in total. The highest BCUT2D eigenvalue weighted by atomic mass is 28.4. The van der Waals surface area contributed by atoms with Gasteiger partial charge in [-0.1, -0.05) is 26.8 Å². The summed E-state index contributed by atoms with van der Waals surface area (Å²) in [5.74, 6) is 0.488. The summed E-state index contributed by atoms with van der Waals surface area (Å²) in [5, 5.41) is 0.167. The van der Waals surface area contributed by atoms with E-state index in [0.717, 1.165) is 0 Å². The van der Waals surface area contributed by atoms with Crippen LogP contribution in [0.3, 0.4) is 0 Å². The Labute approximate surface area is 154 Å². The van der Waals surface area contributed by atoms with Crippen molar-refractivity contribution in [2.75, 3.05) is 19.5 Å². The Bertz CT molecular complexity index is 828. The molecule has 0 bridgehead atoms. The fourth-order valence-electron chi connectivity index (χ4n) is 2.48. The molecule has 0 saturated heterocycles. The van der Waals surface area contributed by atoms with E-state index in [0.29, 0.717) is 23.7 Å². The predicted molar refractivity (Wildman–Crippen MR) is 102 cm³/mol. The standard InChI is InChI=1S/C17H27N5O3Si/c1-17(2,3)26(5,6)24-9-11-7-8-12(25-11)22-10-19-13-14(22)20-16(18)21-15(13)23-4/h7-8,10-12H,9H2,1-6H3,(H2,18,20,21)/t11-,12+/m0/s1. The van der Waals surface area contributed by atoms with Gasteiger partial charge in [-0.15, -0.1) is 0 Å². The molecule has 2 aromatic rings. The largest absolute Gasteiger partial charge is 0.479 e. The van der Waals surface area contributed by atoms with E-state index < -0.39 is 8.32 Å². The molecular formula is C17H27N5O3Si. The lowest BCUT2D eigenvalue weighted by Crippen LogP contribution is -2.42. The second-order valence-corrected chi connectivity index (χ2v) is 12.7. The Balaban J connectivity index is 1.73. The number of nitrogens with two attached hydrogens (primary N) is 1. The third kappa shape index (κ3) is 3.46. The molecule has 0 aliphatic carbocycles. The molecule has 1 aliphatic rings. The fourth-order valence-corrected chi connectivity index (χ4v) is 3.50. The maximum absolute atomic E-state index is 6.26. The Morgan fingerprint density at radius 2 is 2.00 bits per heavy atom. The molecule has 0 spiro atoms. The van der Waals surface area contributed by atoms with Crippen molar-refractivity contribution in [2.24, 2.45) is 0 Å². The van der Waals surface area contributed by atoms with Crippen molar-refractivity contribution in [2.45, 2.75) is 51.2 Å². The molecule has 0 saturated carbocycles. The SMILES string of the molecule is COc1nc(N)nc2c1ncn2[C@H]1C=C[C@@H](CO[Si](C)(C)C(C)(C)C)O1. The van der Waals surface area contributed by atoms with E-state index in [1.165, 1.54) is 7.11 Å². The van der Waals surface area contributed by atoms with Crippen LogP contribution in [0.4, 0.5) is 5.95 Å². The van der Waals surface area contributed by atoms with E-state index in [9.17, 15) is 0 Å².